The number of aliphatic hydroxyl groups excluding tert-OH is 1. The summed E-state index contributed by atoms with van der Waals surface area (Å²) in [6.45, 7) is 2.14. The molecule has 0 fully saturated rings. The van der Waals surface area contributed by atoms with Gasteiger partial charge in [0.05, 0.1) is 20.3 Å². The summed E-state index contributed by atoms with van der Waals surface area (Å²) < 4.78 is 10.5. The van der Waals surface area contributed by atoms with Gasteiger partial charge in [-0.3, -0.25) is 0 Å². The lowest BCUT2D eigenvalue weighted by Gasteiger charge is -2.12. The molecule has 1 rings (SSSR count). The molecule has 102 valence electrons. The molecule has 0 aliphatic carbocycles. The van der Waals surface area contributed by atoms with Gasteiger partial charge in [-0.15, -0.1) is 0 Å². The molecule has 0 amide bonds. The predicted octanol–water partition coefficient (Wildman–Crippen LogP) is 3.19. The van der Waals surface area contributed by atoms with Crippen LogP contribution in [0.5, 0.6) is 11.5 Å². The van der Waals surface area contributed by atoms with Crippen LogP contribution < -0.4 is 9.47 Å². The van der Waals surface area contributed by atoms with Gasteiger partial charge in [0.25, 0.3) is 0 Å². The molecule has 0 bridgehead atoms. The summed E-state index contributed by atoms with van der Waals surface area (Å²) in [6.07, 6.45) is 4.59. The molecule has 0 aliphatic rings. The number of rotatable bonds is 8. The predicted molar refractivity (Wildman–Crippen MR) is 73.4 cm³/mol. The van der Waals surface area contributed by atoms with E-state index in [2.05, 4.69) is 6.92 Å². The van der Waals surface area contributed by atoms with E-state index < -0.39 is 0 Å². The minimum atomic E-state index is -0.196. The maximum Gasteiger partial charge on any atom is 0.160 e. The van der Waals surface area contributed by atoms with E-state index >= 15 is 0 Å². The molecule has 0 aliphatic heterocycles. The van der Waals surface area contributed by atoms with E-state index in [-0.39, 0.29) is 6.10 Å². The summed E-state index contributed by atoms with van der Waals surface area (Å²) in [5.41, 5.74) is 1.17. The molecular formula is C15H24O3. The molecule has 0 saturated carbocycles. The van der Waals surface area contributed by atoms with Crippen LogP contribution in [0, 0.1) is 0 Å². The van der Waals surface area contributed by atoms with Crippen molar-refractivity contribution in [3.63, 3.8) is 0 Å². The van der Waals surface area contributed by atoms with Gasteiger partial charge in [-0.25, -0.2) is 0 Å². The van der Waals surface area contributed by atoms with Crippen molar-refractivity contribution in [3.8, 4) is 11.5 Å². The fraction of sp³-hybridized carbons (Fsp3) is 0.600. The first-order valence-electron chi connectivity index (χ1n) is 6.60. The Bertz CT molecular complexity index is 350. The summed E-state index contributed by atoms with van der Waals surface area (Å²) in [4.78, 5) is 0. The Labute approximate surface area is 110 Å². The molecule has 1 aromatic carbocycles. The van der Waals surface area contributed by atoms with E-state index in [4.69, 9.17) is 9.47 Å². The molecule has 1 atom stereocenters. The smallest absolute Gasteiger partial charge is 0.160 e. The van der Waals surface area contributed by atoms with E-state index in [1.54, 1.807) is 14.2 Å². The molecule has 0 radical (unpaired) electrons. The number of unbranched alkanes of at least 4 members (excludes halogenated alkanes) is 1. The van der Waals surface area contributed by atoms with Crippen LogP contribution in [-0.4, -0.2) is 25.4 Å². The van der Waals surface area contributed by atoms with Crippen molar-refractivity contribution in [3.05, 3.63) is 23.8 Å². The van der Waals surface area contributed by atoms with Crippen molar-refractivity contribution in [2.24, 2.45) is 0 Å². The van der Waals surface area contributed by atoms with Crippen LogP contribution in [0.15, 0.2) is 18.2 Å². The Morgan fingerprint density at radius 1 is 1.11 bits per heavy atom. The maximum absolute atomic E-state index is 9.81. The van der Waals surface area contributed by atoms with E-state index in [9.17, 15) is 5.11 Å². The molecule has 0 spiro atoms. The third-order valence-corrected chi connectivity index (χ3v) is 3.11. The molecule has 1 unspecified atom stereocenters. The highest BCUT2D eigenvalue weighted by Crippen LogP contribution is 2.28. The highest BCUT2D eigenvalue weighted by atomic mass is 16.5. The summed E-state index contributed by atoms with van der Waals surface area (Å²) in [6, 6.07) is 5.91. The molecule has 1 N–H and O–H groups in total. The van der Waals surface area contributed by atoms with Crippen LogP contribution in [0.3, 0.4) is 0 Å². The summed E-state index contributed by atoms with van der Waals surface area (Å²) in [7, 11) is 3.27. The van der Waals surface area contributed by atoms with Gasteiger partial charge >= 0.3 is 0 Å². The lowest BCUT2D eigenvalue weighted by Crippen LogP contribution is -2.07. The first-order valence-corrected chi connectivity index (χ1v) is 6.60. The summed E-state index contributed by atoms with van der Waals surface area (Å²) in [5, 5.41) is 9.81. The third-order valence-electron chi connectivity index (χ3n) is 3.11. The third kappa shape index (κ3) is 4.57. The second kappa shape index (κ2) is 7.98. The SMILES string of the molecule is CCCCC(O)CCc1ccc(OC)c(OC)c1. The second-order valence-electron chi connectivity index (χ2n) is 4.52. The fourth-order valence-corrected chi connectivity index (χ4v) is 1.95. The van der Waals surface area contributed by atoms with Gasteiger partial charge in [0.15, 0.2) is 11.5 Å². The van der Waals surface area contributed by atoms with Gasteiger partial charge in [0, 0.05) is 0 Å². The number of hydrogen-bond donors (Lipinski definition) is 1. The Hall–Kier alpha value is -1.22. The molecule has 3 nitrogen and oxygen atoms in total. The van der Waals surface area contributed by atoms with Gasteiger partial charge in [-0.2, -0.15) is 0 Å². The van der Waals surface area contributed by atoms with Gasteiger partial charge in [-0.05, 0) is 37.0 Å². The number of ether oxygens (including phenoxy) is 2. The monoisotopic (exact) mass is 252 g/mol. The van der Waals surface area contributed by atoms with Gasteiger partial charge < -0.3 is 14.6 Å². The van der Waals surface area contributed by atoms with E-state index in [0.29, 0.717) is 0 Å². The first-order chi connectivity index (χ1) is 8.71. The minimum Gasteiger partial charge on any atom is -0.493 e. The summed E-state index contributed by atoms with van der Waals surface area (Å²) in [5.74, 6) is 1.49. The van der Waals surface area contributed by atoms with Gasteiger partial charge in [-0.1, -0.05) is 25.8 Å². The van der Waals surface area contributed by atoms with E-state index in [1.165, 1.54) is 5.56 Å². The molecule has 0 aromatic heterocycles. The van der Waals surface area contributed by atoms with Crippen LogP contribution in [0.1, 0.15) is 38.2 Å². The van der Waals surface area contributed by atoms with Crippen molar-refractivity contribution in [2.45, 2.75) is 45.1 Å². The van der Waals surface area contributed by atoms with Gasteiger partial charge in [0.2, 0.25) is 0 Å². The Morgan fingerprint density at radius 2 is 1.83 bits per heavy atom. The fourth-order valence-electron chi connectivity index (χ4n) is 1.95. The van der Waals surface area contributed by atoms with Crippen LogP contribution in [0.2, 0.25) is 0 Å². The van der Waals surface area contributed by atoms with Crippen LogP contribution in [-0.2, 0) is 6.42 Å². The molecular weight excluding hydrogens is 228 g/mol. The Morgan fingerprint density at radius 3 is 2.44 bits per heavy atom. The van der Waals surface area contributed by atoms with Crippen molar-refractivity contribution in [1.82, 2.24) is 0 Å². The van der Waals surface area contributed by atoms with Gasteiger partial charge in [0.1, 0.15) is 0 Å². The molecule has 0 heterocycles. The normalized spacial score (nSPS) is 12.2. The quantitative estimate of drug-likeness (QED) is 0.772. The maximum atomic E-state index is 9.81. The number of methoxy groups -OCH3 is 2. The van der Waals surface area contributed by atoms with Crippen LogP contribution in [0.4, 0.5) is 0 Å². The average Bonchev–Trinajstić information content (AvgIpc) is 2.42. The van der Waals surface area contributed by atoms with Crippen molar-refractivity contribution >= 4 is 0 Å². The van der Waals surface area contributed by atoms with Crippen molar-refractivity contribution < 1.29 is 14.6 Å². The standard InChI is InChI=1S/C15H24O3/c1-4-5-6-13(16)9-7-12-8-10-14(17-2)15(11-12)18-3/h8,10-11,13,16H,4-7,9H2,1-3H3. The van der Waals surface area contributed by atoms with E-state index in [0.717, 1.165) is 43.6 Å². The molecule has 0 saturated heterocycles. The summed E-state index contributed by atoms with van der Waals surface area (Å²) >= 11 is 0. The number of aliphatic hydroxyl groups is 1. The average molecular weight is 252 g/mol. The largest absolute Gasteiger partial charge is 0.493 e. The zero-order chi connectivity index (χ0) is 13.4. The topological polar surface area (TPSA) is 38.7 Å². The highest BCUT2D eigenvalue weighted by molar-refractivity contribution is 5.42. The van der Waals surface area contributed by atoms with Crippen LogP contribution >= 0.6 is 0 Å². The molecule has 3 heteroatoms. The number of benzene rings is 1. The number of hydrogen-bond acceptors (Lipinski definition) is 3. The highest BCUT2D eigenvalue weighted by Gasteiger charge is 2.07. The van der Waals surface area contributed by atoms with E-state index in [1.807, 2.05) is 18.2 Å². The lowest BCUT2D eigenvalue weighted by molar-refractivity contribution is 0.152. The second-order valence-corrected chi connectivity index (χ2v) is 4.52. The number of aryl methyl sites for hydroxylation is 1. The Balaban J connectivity index is 2.52. The zero-order valence-corrected chi connectivity index (χ0v) is 11.6. The van der Waals surface area contributed by atoms with Crippen molar-refractivity contribution in [1.29, 1.82) is 0 Å². The first kappa shape index (κ1) is 14.8. The van der Waals surface area contributed by atoms with Crippen molar-refractivity contribution in [2.75, 3.05) is 14.2 Å². The lowest BCUT2D eigenvalue weighted by atomic mass is 10.0. The molecule has 1 aromatic rings. The minimum absolute atomic E-state index is 0.196. The van der Waals surface area contributed by atoms with Crippen LogP contribution in [0.25, 0.3) is 0 Å². The zero-order valence-electron chi connectivity index (χ0n) is 11.6. The Kier molecular flexibility index (Phi) is 6.58. The molecule has 18 heavy (non-hydrogen) atoms.